The van der Waals surface area contributed by atoms with Crippen LogP contribution in [-0.4, -0.2) is 6.47 Å². The topological polar surface area (TPSA) is 26.3 Å². The van der Waals surface area contributed by atoms with Gasteiger partial charge in [0.25, 0.3) is 6.47 Å². The normalized spacial score (nSPS) is 10.2. The van der Waals surface area contributed by atoms with Gasteiger partial charge in [-0.2, -0.15) is 0 Å². The molecule has 0 aromatic heterocycles. The number of benzene rings is 1. The van der Waals surface area contributed by atoms with Crippen LogP contribution in [-0.2, 0) is 16.1 Å². The van der Waals surface area contributed by atoms with Gasteiger partial charge in [-0.05, 0) is 0 Å². The summed E-state index contributed by atoms with van der Waals surface area (Å²) in [5.41, 5.74) is 0.324. The van der Waals surface area contributed by atoms with E-state index in [0.29, 0.717) is 5.56 Å². The molecule has 0 fully saturated rings. The molecule has 0 aliphatic carbocycles. The third-order valence-electron chi connectivity index (χ3n) is 1.60. The van der Waals surface area contributed by atoms with Crippen molar-refractivity contribution in [2.45, 2.75) is 6.61 Å². The molecule has 1 aromatic carbocycles. The van der Waals surface area contributed by atoms with Gasteiger partial charge in [0.1, 0.15) is 6.61 Å². The second-order valence-corrected chi connectivity index (χ2v) is 4.35. The molecular formula is C8H3Cl5O2. The van der Waals surface area contributed by atoms with Gasteiger partial charge < -0.3 is 4.74 Å². The number of carbonyl (C=O) groups is 1. The molecular weight excluding hydrogens is 305 g/mol. The molecule has 0 unspecified atom stereocenters. The molecule has 0 bridgehead atoms. The Labute approximate surface area is 111 Å². The summed E-state index contributed by atoms with van der Waals surface area (Å²) in [5, 5.41) is 0.480. The second-order valence-electron chi connectivity index (χ2n) is 2.46. The van der Waals surface area contributed by atoms with Crippen LogP contribution in [0, 0.1) is 0 Å². The van der Waals surface area contributed by atoms with E-state index in [1.807, 2.05) is 0 Å². The molecule has 0 spiro atoms. The van der Waals surface area contributed by atoms with Crippen LogP contribution in [0.25, 0.3) is 0 Å². The fourth-order valence-electron chi connectivity index (χ4n) is 0.894. The Kier molecular flexibility index (Phi) is 4.81. The summed E-state index contributed by atoms with van der Waals surface area (Å²) in [4.78, 5) is 10.0. The van der Waals surface area contributed by atoms with Crippen molar-refractivity contribution in [1.29, 1.82) is 0 Å². The van der Waals surface area contributed by atoms with Crippen molar-refractivity contribution in [3.8, 4) is 0 Å². The molecule has 0 heterocycles. The van der Waals surface area contributed by atoms with Crippen molar-refractivity contribution in [3.63, 3.8) is 0 Å². The predicted molar refractivity (Wildman–Crippen MR) is 62.3 cm³/mol. The third kappa shape index (κ3) is 2.63. The molecule has 0 radical (unpaired) electrons. The molecule has 1 rings (SSSR count). The summed E-state index contributed by atoms with van der Waals surface area (Å²) in [6, 6.07) is 0. The van der Waals surface area contributed by atoms with E-state index in [1.165, 1.54) is 0 Å². The van der Waals surface area contributed by atoms with Crippen molar-refractivity contribution in [2.75, 3.05) is 0 Å². The first-order valence-corrected chi connectivity index (χ1v) is 5.45. The highest BCUT2D eigenvalue weighted by Crippen LogP contribution is 2.43. The molecule has 0 atom stereocenters. The third-order valence-corrected chi connectivity index (χ3v) is 3.95. The number of hydrogen-bond donors (Lipinski definition) is 0. The zero-order valence-corrected chi connectivity index (χ0v) is 10.8. The summed E-state index contributed by atoms with van der Waals surface area (Å²) in [5.74, 6) is 0. The summed E-state index contributed by atoms with van der Waals surface area (Å²) in [6.07, 6.45) is 0. The van der Waals surface area contributed by atoms with E-state index in [1.54, 1.807) is 0 Å². The van der Waals surface area contributed by atoms with Gasteiger partial charge in [-0.3, -0.25) is 4.79 Å². The number of ether oxygens (including phenoxy) is 1. The van der Waals surface area contributed by atoms with Crippen molar-refractivity contribution in [1.82, 2.24) is 0 Å². The van der Waals surface area contributed by atoms with E-state index in [9.17, 15) is 4.79 Å². The Morgan fingerprint density at radius 3 is 1.67 bits per heavy atom. The lowest BCUT2D eigenvalue weighted by Crippen LogP contribution is -1.95. The van der Waals surface area contributed by atoms with Gasteiger partial charge in [0.15, 0.2) is 0 Å². The fourth-order valence-corrected chi connectivity index (χ4v) is 2.18. The standard InChI is InChI=1S/C8H3Cl5O2/c9-4-3(1-15-2-14)5(10)7(12)8(13)6(4)11/h2H,1H2. The van der Waals surface area contributed by atoms with Gasteiger partial charge in [0.05, 0.1) is 25.1 Å². The first kappa shape index (κ1) is 13.2. The first-order chi connectivity index (χ1) is 7.00. The number of hydrogen-bond acceptors (Lipinski definition) is 2. The highest BCUT2D eigenvalue weighted by atomic mass is 35.5. The van der Waals surface area contributed by atoms with Crippen LogP contribution in [0.5, 0.6) is 0 Å². The quantitative estimate of drug-likeness (QED) is 0.462. The van der Waals surface area contributed by atoms with Crippen LogP contribution in [0.2, 0.25) is 25.1 Å². The summed E-state index contributed by atoms with van der Waals surface area (Å²) >= 11 is 29.0. The zero-order valence-electron chi connectivity index (χ0n) is 6.99. The Bertz CT molecular complexity index is 376. The largest absolute Gasteiger partial charge is 0.463 e. The van der Waals surface area contributed by atoms with E-state index >= 15 is 0 Å². The van der Waals surface area contributed by atoms with Gasteiger partial charge in [0, 0.05) is 5.56 Å². The highest BCUT2D eigenvalue weighted by molar-refractivity contribution is 6.55. The first-order valence-electron chi connectivity index (χ1n) is 3.56. The second kappa shape index (κ2) is 5.46. The fraction of sp³-hybridized carbons (Fsp3) is 0.125. The van der Waals surface area contributed by atoms with Crippen LogP contribution in [0.1, 0.15) is 5.56 Å². The minimum absolute atomic E-state index is 0.0724. The van der Waals surface area contributed by atoms with Crippen LogP contribution in [0.15, 0.2) is 0 Å². The summed E-state index contributed by atoms with van der Waals surface area (Å²) in [7, 11) is 0. The molecule has 0 aliphatic heterocycles. The van der Waals surface area contributed by atoms with Crippen molar-refractivity contribution in [2.24, 2.45) is 0 Å². The van der Waals surface area contributed by atoms with Gasteiger partial charge >= 0.3 is 0 Å². The number of carbonyl (C=O) groups excluding carboxylic acids is 1. The lowest BCUT2D eigenvalue weighted by atomic mass is 10.2. The zero-order chi connectivity index (χ0) is 11.6. The maximum absolute atomic E-state index is 10.0. The average Bonchev–Trinajstić information content (AvgIpc) is 2.24. The van der Waals surface area contributed by atoms with Crippen molar-refractivity contribution in [3.05, 3.63) is 30.7 Å². The van der Waals surface area contributed by atoms with E-state index in [0.717, 1.165) is 0 Å². The Balaban J connectivity index is 3.31. The lowest BCUT2D eigenvalue weighted by molar-refractivity contribution is -0.129. The minimum atomic E-state index is -0.113. The number of rotatable bonds is 3. The predicted octanol–water partition coefficient (Wildman–Crippen LogP) is 4.63. The molecule has 0 N–H and O–H groups in total. The molecule has 7 heteroatoms. The molecule has 0 saturated heterocycles. The Morgan fingerprint density at radius 1 is 0.867 bits per heavy atom. The Morgan fingerprint density at radius 2 is 1.27 bits per heavy atom. The van der Waals surface area contributed by atoms with Gasteiger partial charge in [-0.15, -0.1) is 0 Å². The monoisotopic (exact) mass is 306 g/mol. The Hall–Kier alpha value is 0.140. The highest BCUT2D eigenvalue weighted by Gasteiger charge is 2.19. The molecule has 15 heavy (non-hydrogen) atoms. The van der Waals surface area contributed by atoms with Crippen molar-refractivity contribution >= 4 is 64.5 Å². The maximum atomic E-state index is 10.0. The van der Waals surface area contributed by atoms with E-state index in [2.05, 4.69) is 4.74 Å². The molecule has 0 aliphatic rings. The smallest absolute Gasteiger partial charge is 0.293 e. The molecule has 1 aromatic rings. The van der Waals surface area contributed by atoms with Gasteiger partial charge in [-0.1, -0.05) is 58.0 Å². The van der Waals surface area contributed by atoms with E-state index < -0.39 is 0 Å². The molecule has 2 nitrogen and oxygen atoms in total. The van der Waals surface area contributed by atoms with Crippen LogP contribution in [0.3, 0.4) is 0 Å². The molecule has 82 valence electrons. The summed E-state index contributed by atoms with van der Waals surface area (Å²) < 4.78 is 4.52. The minimum Gasteiger partial charge on any atom is -0.463 e. The molecule has 0 amide bonds. The van der Waals surface area contributed by atoms with Crippen molar-refractivity contribution < 1.29 is 9.53 Å². The lowest BCUT2D eigenvalue weighted by Gasteiger charge is -2.11. The van der Waals surface area contributed by atoms with Crippen LogP contribution < -0.4 is 0 Å². The van der Waals surface area contributed by atoms with E-state index in [-0.39, 0.29) is 38.2 Å². The maximum Gasteiger partial charge on any atom is 0.293 e. The number of halogens is 5. The molecule has 0 saturated carbocycles. The van der Waals surface area contributed by atoms with Gasteiger partial charge in [-0.25, -0.2) is 0 Å². The van der Waals surface area contributed by atoms with Crippen LogP contribution >= 0.6 is 58.0 Å². The SMILES string of the molecule is O=COCc1c(Cl)c(Cl)c(Cl)c(Cl)c1Cl. The van der Waals surface area contributed by atoms with Crippen LogP contribution in [0.4, 0.5) is 0 Å². The average molecular weight is 308 g/mol. The van der Waals surface area contributed by atoms with E-state index in [4.69, 9.17) is 58.0 Å². The van der Waals surface area contributed by atoms with Gasteiger partial charge in [0.2, 0.25) is 0 Å². The summed E-state index contributed by atoms with van der Waals surface area (Å²) in [6.45, 7) is 0.154.